The highest BCUT2D eigenvalue weighted by molar-refractivity contribution is 7.92. The van der Waals surface area contributed by atoms with Crippen LogP contribution in [-0.2, 0) is 10.0 Å². The van der Waals surface area contributed by atoms with E-state index in [0.717, 1.165) is 10.6 Å². The van der Waals surface area contributed by atoms with Crippen molar-refractivity contribution >= 4 is 32.8 Å². The van der Waals surface area contributed by atoms with Gasteiger partial charge in [-0.25, -0.2) is 12.7 Å². The fraction of sp³-hybridized carbons (Fsp3) is 0.250. The zero-order valence-electron chi connectivity index (χ0n) is 10.8. The molecular formula is C12H14N2O4S. The van der Waals surface area contributed by atoms with Gasteiger partial charge in [-0.15, -0.1) is 0 Å². The van der Waals surface area contributed by atoms with Gasteiger partial charge in [0.15, 0.2) is 0 Å². The lowest BCUT2D eigenvalue weighted by Crippen LogP contribution is -2.27. The third-order valence-electron chi connectivity index (χ3n) is 2.81. The van der Waals surface area contributed by atoms with Crippen molar-refractivity contribution in [1.29, 1.82) is 0 Å². The molecule has 6 nitrogen and oxygen atoms in total. The third-order valence-corrected chi connectivity index (χ3v) is 3.98. The van der Waals surface area contributed by atoms with Gasteiger partial charge in [0.1, 0.15) is 11.1 Å². The van der Waals surface area contributed by atoms with E-state index in [1.807, 2.05) is 0 Å². The number of rotatable bonds is 3. The Morgan fingerprint density at radius 3 is 2.53 bits per heavy atom. The molecule has 1 amide bonds. The van der Waals surface area contributed by atoms with E-state index in [2.05, 4.69) is 5.32 Å². The number of furan rings is 1. The number of carbonyl (C=O) groups excluding carboxylic acids is 1. The first-order valence-electron chi connectivity index (χ1n) is 5.53. The largest absolute Gasteiger partial charge is 0.439 e. The molecule has 102 valence electrons. The van der Waals surface area contributed by atoms with Gasteiger partial charge in [-0.05, 0) is 6.07 Å². The summed E-state index contributed by atoms with van der Waals surface area (Å²) in [6.07, 6.45) is 1.05. The normalized spacial score (nSPS) is 11.5. The standard InChI is InChI=1S/C12H14N2O4S/c1-13-11(15)10-8-6-4-5-7-9(8)18-12(10)14(2)19(3,16)17/h4-7H,1-3H3,(H,13,15). The number of amides is 1. The maximum atomic E-state index is 11.9. The number of anilines is 1. The molecule has 0 fully saturated rings. The molecule has 1 aromatic carbocycles. The van der Waals surface area contributed by atoms with Gasteiger partial charge in [0.2, 0.25) is 15.9 Å². The van der Waals surface area contributed by atoms with E-state index >= 15 is 0 Å². The number of nitrogens with one attached hydrogen (secondary N) is 1. The van der Waals surface area contributed by atoms with Crippen LogP contribution in [0.1, 0.15) is 10.4 Å². The van der Waals surface area contributed by atoms with E-state index < -0.39 is 15.9 Å². The fourth-order valence-corrected chi connectivity index (χ4v) is 2.18. The number of sulfonamides is 1. The minimum absolute atomic E-state index is 0.0167. The molecule has 2 aromatic rings. The summed E-state index contributed by atoms with van der Waals surface area (Å²) in [5.41, 5.74) is 0.678. The number of carbonyl (C=O) groups is 1. The molecule has 0 aliphatic rings. The summed E-state index contributed by atoms with van der Waals surface area (Å²) >= 11 is 0. The van der Waals surface area contributed by atoms with E-state index in [1.165, 1.54) is 14.1 Å². The topological polar surface area (TPSA) is 79.6 Å². The Morgan fingerprint density at radius 2 is 1.95 bits per heavy atom. The van der Waals surface area contributed by atoms with E-state index in [0.29, 0.717) is 11.0 Å². The van der Waals surface area contributed by atoms with Gasteiger partial charge in [0.25, 0.3) is 5.91 Å². The molecule has 7 heteroatoms. The predicted octanol–water partition coefficient (Wildman–Crippen LogP) is 1.19. The lowest BCUT2D eigenvalue weighted by atomic mass is 10.1. The van der Waals surface area contributed by atoms with Crippen LogP contribution in [0, 0.1) is 0 Å². The molecule has 1 aromatic heterocycles. The molecule has 0 atom stereocenters. The second kappa shape index (κ2) is 4.58. The molecule has 1 N–H and O–H groups in total. The van der Waals surface area contributed by atoms with Crippen LogP contribution in [-0.4, -0.2) is 34.7 Å². The Labute approximate surface area is 111 Å². The lowest BCUT2D eigenvalue weighted by molar-refractivity contribution is 0.0965. The molecule has 2 rings (SSSR count). The Balaban J connectivity index is 2.76. The third kappa shape index (κ3) is 2.28. The summed E-state index contributed by atoms with van der Waals surface area (Å²) in [5.74, 6) is -0.376. The fourth-order valence-electron chi connectivity index (χ4n) is 1.75. The van der Waals surface area contributed by atoms with Crippen LogP contribution < -0.4 is 9.62 Å². The predicted molar refractivity (Wildman–Crippen MR) is 72.9 cm³/mol. The van der Waals surface area contributed by atoms with E-state index in [1.54, 1.807) is 24.3 Å². The van der Waals surface area contributed by atoms with Crippen LogP contribution in [0.25, 0.3) is 11.0 Å². The van der Waals surface area contributed by atoms with E-state index in [-0.39, 0.29) is 11.4 Å². The molecule has 0 aliphatic carbocycles. The van der Waals surface area contributed by atoms with Crippen molar-refractivity contribution in [3.05, 3.63) is 29.8 Å². The number of para-hydroxylation sites is 1. The van der Waals surface area contributed by atoms with Crippen molar-refractivity contribution in [2.75, 3.05) is 24.7 Å². The highest BCUT2D eigenvalue weighted by Gasteiger charge is 2.26. The summed E-state index contributed by atoms with van der Waals surface area (Å²) in [6, 6.07) is 6.91. The van der Waals surface area contributed by atoms with Crippen molar-refractivity contribution in [3.8, 4) is 0 Å². The Morgan fingerprint density at radius 1 is 1.32 bits per heavy atom. The van der Waals surface area contributed by atoms with Gasteiger partial charge >= 0.3 is 0 Å². The minimum Gasteiger partial charge on any atom is -0.439 e. The first-order valence-corrected chi connectivity index (χ1v) is 7.38. The van der Waals surface area contributed by atoms with Gasteiger partial charge in [0.05, 0.1) is 6.26 Å². The van der Waals surface area contributed by atoms with Crippen molar-refractivity contribution in [2.45, 2.75) is 0 Å². The summed E-state index contributed by atoms with van der Waals surface area (Å²) < 4.78 is 29.7. The van der Waals surface area contributed by atoms with Gasteiger partial charge in [-0.3, -0.25) is 4.79 Å². The molecule has 0 saturated heterocycles. The molecule has 0 saturated carbocycles. The quantitative estimate of drug-likeness (QED) is 0.917. The van der Waals surface area contributed by atoms with Gasteiger partial charge in [-0.2, -0.15) is 0 Å². The molecule has 19 heavy (non-hydrogen) atoms. The van der Waals surface area contributed by atoms with Crippen molar-refractivity contribution < 1.29 is 17.6 Å². The average Bonchev–Trinajstić information content (AvgIpc) is 2.74. The number of hydrogen-bond donors (Lipinski definition) is 1. The summed E-state index contributed by atoms with van der Waals surface area (Å²) in [6.45, 7) is 0. The second-order valence-corrected chi connectivity index (χ2v) is 6.10. The molecule has 0 aliphatic heterocycles. The van der Waals surface area contributed by atoms with Crippen LogP contribution >= 0.6 is 0 Å². The molecular weight excluding hydrogens is 268 g/mol. The number of nitrogens with zero attached hydrogens (tertiary/aromatic N) is 1. The van der Waals surface area contributed by atoms with Crippen molar-refractivity contribution in [1.82, 2.24) is 5.32 Å². The molecule has 0 bridgehead atoms. The first-order chi connectivity index (χ1) is 8.86. The highest BCUT2D eigenvalue weighted by Crippen LogP contribution is 2.32. The zero-order chi connectivity index (χ0) is 14.2. The first kappa shape index (κ1) is 13.4. The van der Waals surface area contributed by atoms with Crippen molar-refractivity contribution in [2.24, 2.45) is 0 Å². The number of benzene rings is 1. The van der Waals surface area contributed by atoms with Crippen LogP contribution in [0.3, 0.4) is 0 Å². The monoisotopic (exact) mass is 282 g/mol. The Bertz CT molecular complexity index is 733. The van der Waals surface area contributed by atoms with Gasteiger partial charge in [0, 0.05) is 19.5 Å². The van der Waals surface area contributed by atoms with E-state index in [4.69, 9.17) is 4.42 Å². The second-order valence-electron chi connectivity index (χ2n) is 4.09. The zero-order valence-corrected chi connectivity index (χ0v) is 11.6. The Hall–Kier alpha value is -2.02. The van der Waals surface area contributed by atoms with Crippen LogP contribution in [0.4, 0.5) is 5.88 Å². The SMILES string of the molecule is CNC(=O)c1c(N(C)S(C)(=O)=O)oc2ccccc12. The summed E-state index contributed by atoms with van der Waals surface area (Å²) in [4.78, 5) is 11.9. The highest BCUT2D eigenvalue weighted by atomic mass is 32.2. The smallest absolute Gasteiger partial charge is 0.257 e. The van der Waals surface area contributed by atoms with Gasteiger partial charge in [-0.1, -0.05) is 18.2 Å². The number of fused-ring (bicyclic) bond motifs is 1. The molecule has 0 unspecified atom stereocenters. The van der Waals surface area contributed by atoms with Crippen LogP contribution in [0.15, 0.2) is 28.7 Å². The van der Waals surface area contributed by atoms with Crippen molar-refractivity contribution in [3.63, 3.8) is 0 Å². The van der Waals surface area contributed by atoms with Crippen LogP contribution in [0.5, 0.6) is 0 Å². The van der Waals surface area contributed by atoms with Crippen LogP contribution in [0.2, 0.25) is 0 Å². The minimum atomic E-state index is -3.51. The molecule has 0 spiro atoms. The van der Waals surface area contributed by atoms with E-state index in [9.17, 15) is 13.2 Å². The van der Waals surface area contributed by atoms with Gasteiger partial charge < -0.3 is 9.73 Å². The maximum Gasteiger partial charge on any atom is 0.257 e. The summed E-state index contributed by atoms with van der Waals surface area (Å²) in [5, 5.41) is 3.06. The summed E-state index contributed by atoms with van der Waals surface area (Å²) in [7, 11) is -0.681. The lowest BCUT2D eigenvalue weighted by Gasteiger charge is -2.14. The molecule has 1 heterocycles. The maximum absolute atomic E-state index is 11.9. The average molecular weight is 282 g/mol. The number of hydrogen-bond acceptors (Lipinski definition) is 4. The molecule has 0 radical (unpaired) electrons. The Kier molecular flexibility index (Phi) is 3.23.